The van der Waals surface area contributed by atoms with Crippen molar-refractivity contribution in [2.45, 2.75) is 60.5 Å². The van der Waals surface area contributed by atoms with Crippen LogP contribution in [0.2, 0.25) is 0 Å². The molecule has 2 aliphatic carbocycles. The third kappa shape index (κ3) is 3.82. The van der Waals surface area contributed by atoms with Crippen molar-refractivity contribution >= 4 is 21.7 Å². The van der Waals surface area contributed by atoms with Gasteiger partial charge in [0.05, 0.1) is 11.4 Å². The molecule has 1 N–H and O–H groups in total. The monoisotopic (exact) mass is 556 g/mol. The Bertz CT molecular complexity index is 1410. The molecule has 204 valence electrons. The first kappa shape index (κ1) is 26.6. The zero-order chi connectivity index (χ0) is 27.7. The van der Waals surface area contributed by atoms with Gasteiger partial charge in [-0.2, -0.15) is 13.2 Å². The first-order valence-corrected chi connectivity index (χ1v) is 13.7. The number of amides is 2. The maximum Gasteiger partial charge on any atom is 0.426 e. The summed E-state index contributed by atoms with van der Waals surface area (Å²) in [4.78, 5) is 24.9. The number of alkyl halides is 4. The van der Waals surface area contributed by atoms with E-state index in [0.717, 1.165) is 36.4 Å². The van der Waals surface area contributed by atoms with Gasteiger partial charge in [0.1, 0.15) is 10.6 Å². The van der Waals surface area contributed by atoms with Crippen molar-refractivity contribution in [1.82, 2.24) is 10.4 Å². The SMILES string of the molecule is CC(F)(c1ccc2c(c1)CC[C@H]1[C@H](C(=O)N3CCC(=O)N3)CC[C@@]21S(=O)(=O)c1ccc(F)cc1)C(F)(F)F. The van der Waals surface area contributed by atoms with Crippen LogP contribution in [0, 0.1) is 17.7 Å². The second-order valence-electron chi connectivity index (χ2n) is 10.3. The molecular formula is C26H25F5N2O4S. The third-order valence-corrected chi connectivity index (χ3v) is 10.9. The lowest BCUT2D eigenvalue weighted by molar-refractivity contribution is -0.228. The van der Waals surface area contributed by atoms with E-state index in [4.69, 9.17) is 0 Å². The topological polar surface area (TPSA) is 83.6 Å². The van der Waals surface area contributed by atoms with Crippen molar-refractivity contribution in [2.24, 2.45) is 11.8 Å². The Morgan fingerprint density at radius 1 is 1.05 bits per heavy atom. The summed E-state index contributed by atoms with van der Waals surface area (Å²) in [6, 6.07) is 7.49. The number of aryl methyl sites for hydroxylation is 1. The second-order valence-corrected chi connectivity index (χ2v) is 12.5. The number of carbonyl (C=O) groups excluding carboxylic acids is 2. The number of hydrogen-bond acceptors (Lipinski definition) is 4. The Morgan fingerprint density at radius 2 is 1.74 bits per heavy atom. The number of rotatable bonds is 4. The molecule has 1 aliphatic heterocycles. The summed E-state index contributed by atoms with van der Waals surface area (Å²) in [5, 5.41) is 1.18. The van der Waals surface area contributed by atoms with E-state index >= 15 is 0 Å². The van der Waals surface area contributed by atoms with Gasteiger partial charge in [0.2, 0.25) is 17.5 Å². The summed E-state index contributed by atoms with van der Waals surface area (Å²) in [6.07, 6.45) is -4.64. The van der Waals surface area contributed by atoms with Crippen LogP contribution in [0.5, 0.6) is 0 Å². The molecule has 0 spiro atoms. The van der Waals surface area contributed by atoms with Gasteiger partial charge in [0, 0.05) is 12.3 Å². The minimum Gasteiger partial charge on any atom is -0.273 e. The van der Waals surface area contributed by atoms with Crippen LogP contribution < -0.4 is 5.43 Å². The number of hydrazine groups is 1. The molecule has 1 saturated heterocycles. The highest BCUT2D eigenvalue weighted by Crippen LogP contribution is 2.60. The molecule has 0 aromatic heterocycles. The van der Waals surface area contributed by atoms with Gasteiger partial charge >= 0.3 is 6.18 Å². The fourth-order valence-corrected chi connectivity index (χ4v) is 8.74. The van der Waals surface area contributed by atoms with Crippen LogP contribution in [-0.2, 0) is 36.3 Å². The number of sulfone groups is 1. The first-order chi connectivity index (χ1) is 17.7. The molecular weight excluding hydrogens is 531 g/mol. The van der Waals surface area contributed by atoms with E-state index in [2.05, 4.69) is 5.43 Å². The van der Waals surface area contributed by atoms with Crippen LogP contribution in [0.1, 0.15) is 49.3 Å². The standard InChI is InChI=1S/C26H25F5N2O4S/c1-24(28,26(29,30)31)16-3-9-20-15(14-16)2-8-21-19(23(35)33-13-11-22(34)32-33)10-12-25(20,21)38(36,37)18-6-4-17(27)5-7-18/h3-7,9,14,19,21H,2,8,10-13H2,1H3,(H,32,34)/t19-,21+,24?,25-/m1/s1. The molecule has 1 heterocycles. The highest BCUT2D eigenvalue weighted by Gasteiger charge is 2.62. The minimum atomic E-state index is -5.18. The second kappa shape index (κ2) is 8.75. The van der Waals surface area contributed by atoms with E-state index in [-0.39, 0.29) is 60.6 Å². The van der Waals surface area contributed by atoms with Crippen molar-refractivity contribution < 1.29 is 40.0 Å². The van der Waals surface area contributed by atoms with Gasteiger partial charge in [-0.25, -0.2) is 17.2 Å². The van der Waals surface area contributed by atoms with Gasteiger partial charge in [-0.1, -0.05) is 18.2 Å². The van der Waals surface area contributed by atoms with Crippen LogP contribution in [0.4, 0.5) is 22.0 Å². The Balaban J connectivity index is 1.65. The van der Waals surface area contributed by atoms with E-state index < -0.39 is 55.6 Å². The van der Waals surface area contributed by atoms with Gasteiger partial charge in [-0.15, -0.1) is 0 Å². The van der Waals surface area contributed by atoms with E-state index in [0.29, 0.717) is 6.92 Å². The Labute approximate surface area is 216 Å². The predicted molar refractivity (Wildman–Crippen MR) is 125 cm³/mol. The number of nitrogens with zero attached hydrogens (tertiary/aromatic N) is 1. The maximum absolute atomic E-state index is 14.8. The summed E-state index contributed by atoms with van der Waals surface area (Å²) >= 11 is 0. The first-order valence-electron chi connectivity index (χ1n) is 12.2. The van der Waals surface area contributed by atoms with Crippen molar-refractivity contribution in [3.63, 3.8) is 0 Å². The van der Waals surface area contributed by atoms with Crippen LogP contribution in [-0.4, -0.2) is 38.0 Å². The molecule has 0 bridgehead atoms. The lowest BCUT2D eigenvalue weighted by atomic mass is 9.72. The normalized spacial score (nSPS) is 26.9. The number of carbonyl (C=O) groups is 2. The molecule has 38 heavy (non-hydrogen) atoms. The fourth-order valence-electron chi connectivity index (χ4n) is 6.27. The highest BCUT2D eigenvalue weighted by atomic mass is 32.2. The molecule has 4 atom stereocenters. The number of nitrogens with one attached hydrogen (secondary N) is 1. The largest absolute Gasteiger partial charge is 0.426 e. The minimum absolute atomic E-state index is 0.0198. The lowest BCUT2D eigenvalue weighted by Gasteiger charge is -2.42. The molecule has 1 saturated carbocycles. The summed E-state index contributed by atoms with van der Waals surface area (Å²) in [6.45, 7) is 0.561. The zero-order valence-electron chi connectivity index (χ0n) is 20.3. The van der Waals surface area contributed by atoms with Crippen molar-refractivity contribution in [1.29, 1.82) is 0 Å². The number of hydrogen-bond donors (Lipinski definition) is 1. The zero-order valence-corrected chi connectivity index (χ0v) is 21.1. The molecule has 0 radical (unpaired) electrons. The Kier molecular flexibility index (Phi) is 6.12. The molecule has 2 amide bonds. The third-order valence-electron chi connectivity index (χ3n) is 8.28. The highest BCUT2D eigenvalue weighted by molar-refractivity contribution is 7.92. The van der Waals surface area contributed by atoms with Crippen LogP contribution in [0.25, 0.3) is 0 Å². The van der Waals surface area contributed by atoms with E-state index in [1.54, 1.807) is 0 Å². The lowest BCUT2D eigenvalue weighted by Crippen LogP contribution is -2.49. The van der Waals surface area contributed by atoms with E-state index in [1.165, 1.54) is 11.1 Å². The summed E-state index contributed by atoms with van der Waals surface area (Å²) < 4.78 is 95.6. The summed E-state index contributed by atoms with van der Waals surface area (Å²) in [7, 11) is -4.31. The average Bonchev–Trinajstić information content (AvgIpc) is 3.47. The quantitative estimate of drug-likeness (QED) is 0.445. The summed E-state index contributed by atoms with van der Waals surface area (Å²) in [5.41, 5.74) is -1.32. The molecule has 1 unspecified atom stereocenters. The fraction of sp³-hybridized carbons (Fsp3) is 0.462. The van der Waals surface area contributed by atoms with Crippen molar-refractivity contribution in [2.75, 3.05) is 6.54 Å². The predicted octanol–water partition coefficient (Wildman–Crippen LogP) is 4.48. The molecule has 3 aliphatic rings. The van der Waals surface area contributed by atoms with Gasteiger partial charge in [-0.05, 0) is 79.5 Å². The molecule has 2 aromatic rings. The molecule has 6 nitrogen and oxygen atoms in total. The number of fused-ring (bicyclic) bond motifs is 3. The van der Waals surface area contributed by atoms with E-state index in [1.807, 2.05) is 0 Å². The Hall–Kier alpha value is -3.02. The van der Waals surface area contributed by atoms with Gasteiger partial charge in [-0.3, -0.25) is 20.0 Å². The van der Waals surface area contributed by atoms with Crippen LogP contribution in [0.15, 0.2) is 47.4 Å². The number of halogens is 5. The number of benzene rings is 2. The molecule has 2 fully saturated rings. The molecule has 5 rings (SSSR count). The summed E-state index contributed by atoms with van der Waals surface area (Å²) in [5.74, 6) is -2.95. The maximum atomic E-state index is 14.8. The van der Waals surface area contributed by atoms with Crippen molar-refractivity contribution in [3.8, 4) is 0 Å². The van der Waals surface area contributed by atoms with Crippen molar-refractivity contribution in [3.05, 3.63) is 65.0 Å². The average molecular weight is 557 g/mol. The van der Waals surface area contributed by atoms with E-state index in [9.17, 15) is 40.0 Å². The smallest absolute Gasteiger partial charge is 0.273 e. The molecule has 12 heteroatoms. The van der Waals surface area contributed by atoms with Crippen LogP contribution >= 0.6 is 0 Å². The Morgan fingerprint density at radius 3 is 2.34 bits per heavy atom. The van der Waals surface area contributed by atoms with Gasteiger partial charge < -0.3 is 0 Å². The van der Waals surface area contributed by atoms with Gasteiger partial charge in [0.25, 0.3) is 0 Å². The molecule has 2 aromatic carbocycles. The van der Waals surface area contributed by atoms with Gasteiger partial charge in [0.15, 0.2) is 9.84 Å². The van der Waals surface area contributed by atoms with Crippen LogP contribution in [0.3, 0.4) is 0 Å².